The number of carbonyl (C=O) groups excluding carboxylic acids is 3. The zero-order valence-electron chi connectivity index (χ0n) is 21.3. The number of nitrogens with zero attached hydrogens (tertiary/aromatic N) is 2. The van der Waals surface area contributed by atoms with E-state index in [1.54, 1.807) is 82.7 Å². The van der Waals surface area contributed by atoms with Crippen molar-refractivity contribution in [2.75, 3.05) is 12.0 Å². The third kappa shape index (κ3) is 4.82. The first-order valence-electron chi connectivity index (χ1n) is 11.8. The second-order valence-corrected chi connectivity index (χ2v) is 9.10. The summed E-state index contributed by atoms with van der Waals surface area (Å²) >= 11 is 0. The number of aliphatic hydroxyl groups excluding tert-OH is 1. The number of methoxy groups -OCH3 is 1. The van der Waals surface area contributed by atoms with Crippen molar-refractivity contribution in [3.63, 3.8) is 0 Å². The van der Waals surface area contributed by atoms with Crippen molar-refractivity contribution in [1.82, 2.24) is 4.98 Å². The number of aliphatic hydroxyl groups is 1. The summed E-state index contributed by atoms with van der Waals surface area (Å²) in [5.41, 5.74) is 2.87. The minimum atomic E-state index is -0.966. The molecule has 0 aliphatic carbocycles. The third-order valence-electron chi connectivity index (χ3n) is 6.14. The van der Waals surface area contributed by atoms with Gasteiger partial charge in [0.1, 0.15) is 11.5 Å². The summed E-state index contributed by atoms with van der Waals surface area (Å²) in [4.78, 5) is 44.8. The Morgan fingerprint density at radius 1 is 1.05 bits per heavy atom. The molecular formula is C29H28N2O6. The summed E-state index contributed by atoms with van der Waals surface area (Å²) < 4.78 is 10.7. The van der Waals surface area contributed by atoms with E-state index in [0.717, 1.165) is 5.56 Å². The normalized spacial score (nSPS) is 16.8. The minimum absolute atomic E-state index is 0.0687. The van der Waals surface area contributed by atoms with Crippen LogP contribution in [-0.2, 0) is 14.3 Å². The van der Waals surface area contributed by atoms with Gasteiger partial charge < -0.3 is 14.6 Å². The lowest BCUT2D eigenvalue weighted by Gasteiger charge is -2.25. The molecule has 3 aromatic rings. The summed E-state index contributed by atoms with van der Waals surface area (Å²) in [6.07, 6.45) is 2.80. The van der Waals surface area contributed by atoms with E-state index in [-0.39, 0.29) is 23.0 Å². The molecule has 190 valence electrons. The number of amides is 1. The maximum absolute atomic E-state index is 13.4. The van der Waals surface area contributed by atoms with Crippen LogP contribution in [0.2, 0.25) is 0 Å². The Hall–Kier alpha value is -4.46. The SMILES string of the molecule is COc1cc(C)c(/C(O)=C2\C(=O)C(=O)N(c3cccc(C(=O)OC(C)C)c3)C2c2cccnc2)cc1C. The van der Waals surface area contributed by atoms with Gasteiger partial charge in [-0.25, -0.2) is 4.79 Å². The Balaban J connectivity index is 1.91. The zero-order valence-corrected chi connectivity index (χ0v) is 21.3. The molecule has 2 heterocycles. The van der Waals surface area contributed by atoms with Gasteiger partial charge in [-0.2, -0.15) is 0 Å². The van der Waals surface area contributed by atoms with Crippen molar-refractivity contribution in [1.29, 1.82) is 0 Å². The second kappa shape index (κ2) is 10.3. The van der Waals surface area contributed by atoms with Crippen LogP contribution >= 0.6 is 0 Å². The van der Waals surface area contributed by atoms with Gasteiger partial charge in [0.25, 0.3) is 11.7 Å². The molecule has 4 rings (SSSR count). The summed E-state index contributed by atoms with van der Waals surface area (Å²) in [7, 11) is 1.56. The Morgan fingerprint density at radius 2 is 1.81 bits per heavy atom. The lowest BCUT2D eigenvalue weighted by molar-refractivity contribution is -0.132. The van der Waals surface area contributed by atoms with Crippen LogP contribution in [0.5, 0.6) is 5.75 Å². The van der Waals surface area contributed by atoms with E-state index in [1.807, 2.05) is 6.92 Å². The molecule has 0 spiro atoms. The predicted molar refractivity (Wildman–Crippen MR) is 138 cm³/mol. The number of pyridine rings is 1. The maximum atomic E-state index is 13.4. The molecule has 8 nitrogen and oxygen atoms in total. The van der Waals surface area contributed by atoms with Gasteiger partial charge in [-0.15, -0.1) is 0 Å². The Labute approximate surface area is 215 Å². The van der Waals surface area contributed by atoms with Crippen molar-refractivity contribution in [2.45, 2.75) is 39.8 Å². The number of hydrogen-bond donors (Lipinski definition) is 1. The smallest absolute Gasteiger partial charge is 0.338 e. The summed E-state index contributed by atoms with van der Waals surface area (Å²) in [5.74, 6) is -1.87. The number of rotatable bonds is 6. The molecule has 1 amide bonds. The number of esters is 1. The number of carbonyl (C=O) groups is 3. The van der Waals surface area contributed by atoms with Gasteiger partial charge in [0.2, 0.25) is 0 Å². The molecule has 1 aliphatic heterocycles. The molecule has 1 atom stereocenters. The number of anilines is 1. The van der Waals surface area contributed by atoms with E-state index in [1.165, 1.54) is 11.0 Å². The van der Waals surface area contributed by atoms with Crippen LogP contribution in [0.1, 0.15) is 52.5 Å². The van der Waals surface area contributed by atoms with Crippen molar-refractivity contribution in [3.8, 4) is 5.75 Å². The average molecular weight is 501 g/mol. The molecular weight excluding hydrogens is 472 g/mol. The topological polar surface area (TPSA) is 106 Å². The Morgan fingerprint density at radius 3 is 2.46 bits per heavy atom. The quantitative estimate of drug-likeness (QED) is 0.222. The monoisotopic (exact) mass is 500 g/mol. The molecule has 1 N–H and O–H groups in total. The lowest BCUT2D eigenvalue weighted by atomic mass is 9.93. The van der Waals surface area contributed by atoms with Gasteiger partial charge in [0.05, 0.1) is 30.4 Å². The largest absolute Gasteiger partial charge is 0.507 e. The number of aryl methyl sites for hydroxylation is 2. The van der Waals surface area contributed by atoms with E-state index in [9.17, 15) is 19.5 Å². The highest BCUT2D eigenvalue weighted by Crippen LogP contribution is 2.43. The number of ketones is 1. The summed E-state index contributed by atoms with van der Waals surface area (Å²) in [6, 6.07) is 12.3. The zero-order chi connectivity index (χ0) is 26.9. The van der Waals surface area contributed by atoms with E-state index in [4.69, 9.17) is 9.47 Å². The summed E-state index contributed by atoms with van der Waals surface area (Å²) in [5, 5.41) is 11.5. The molecule has 1 aliphatic rings. The number of hydrogen-bond acceptors (Lipinski definition) is 7. The van der Waals surface area contributed by atoms with Gasteiger partial charge >= 0.3 is 5.97 Å². The maximum Gasteiger partial charge on any atom is 0.338 e. The lowest BCUT2D eigenvalue weighted by Crippen LogP contribution is -2.29. The summed E-state index contributed by atoms with van der Waals surface area (Å²) in [6.45, 7) is 7.10. The first kappa shape index (κ1) is 25.6. The number of Topliss-reactive ketones (excluding diaryl/α,β-unsaturated/α-hetero) is 1. The number of benzene rings is 2. The number of aromatic nitrogens is 1. The Bertz CT molecular complexity index is 1410. The molecule has 1 saturated heterocycles. The van der Waals surface area contributed by atoms with E-state index in [2.05, 4.69) is 4.98 Å². The Kier molecular flexibility index (Phi) is 7.11. The predicted octanol–water partition coefficient (Wildman–Crippen LogP) is 4.90. The van der Waals surface area contributed by atoms with Crippen molar-refractivity contribution >= 4 is 29.1 Å². The van der Waals surface area contributed by atoms with Gasteiger partial charge in [-0.1, -0.05) is 12.1 Å². The van der Waals surface area contributed by atoms with Crippen LogP contribution in [0.4, 0.5) is 5.69 Å². The van der Waals surface area contributed by atoms with Gasteiger partial charge in [0.15, 0.2) is 0 Å². The second-order valence-electron chi connectivity index (χ2n) is 9.10. The van der Waals surface area contributed by atoms with Crippen LogP contribution < -0.4 is 9.64 Å². The minimum Gasteiger partial charge on any atom is -0.507 e. The fourth-order valence-electron chi connectivity index (χ4n) is 4.43. The fourth-order valence-corrected chi connectivity index (χ4v) is 4.43. The van der Waals surface area contributed by atoms with Crippen LogP contribution in [0.15, 0.2) is 66.5 Å². The molecule has 2 aromatic carbocycles. The molecule has 37 heavy (non-hydrogen) atoms. The molecule has 1 unspecified atom stereocenters. The average Bonchev–Trinajstić information content (AvgIpc) is 3.15. The van der Waals surface area contributed by atoms with E-state index < -0.39 is 23.7 Å². The first-order chi connectivity index (χ1) is 17.6. The molecule has 1 aromatic heterocycles. The highest BCUT2D eigenvalue weighted by atomic mass is 16.5. The first-order valence-corrected chi connectivity index (χ1v) is 11.8. The van der Waals surface area contributed by atoms with Crippen LogP contribution in [0.25, 0.3) is 5.76 Å². The van der Waals surface area contributed by atoms with E-state index >= 15 is 0 Å². The number of ether oxygens (including phenoxy) is 2. The standard InChI is InChI=1S/C29H28N2O6/c1-16(2)37-29(35)19-8-6-10-21(14-19)31-25(20-9-7-11-30-15-20)24(27(33)28(31)34)26(32)22-12-18(4)23(36-5)13-17(22)3/h6-16,25,32H,1-5H3/b26-24+. The van der Waals surface area contributed by atoms with Crippen molar-refractivity contribution in [3.05, 3.63) is 94.3 Å². The molecule has 0 saturated carbocycles. The highest BCUT2D eigenvalue weighted by Gasteiger charge is 2.47. The third-order valence-corrected chi connectivity index (χ3v) is 6.14. The van der Waals surface area contributed by atoms with Gasteiger partial charge in [0, 0.05) is 23.6 Å². The molecule has 0 radical (unpaired) electrons. The highest BCUT2D eigenvalue weighted by molar-refractivity contribution is 6.51. The molecule has 1 fully saturated rings. The van der Waals surface area contributed by atoms with Crippen LogP contribution in [0, 0.1) is 13.8 Å². The van der Waals surface area contributed by atoms with E-state index in [0.29, 0.717) is 28.1 Å². The molecule has 0 bridgehead atoms. The fraction of sp³-hybridized carbons (Fsp3) is 0.241. The van der Waals surface area contributed by atoms with Crippen molar-refractivity contribution < 1.29 is 29.0 Å². The van der Waals surface area contributed by atoms with Crippen LogP contribution in [0.3, 0.4) is 0 Å². The van der Waals surface area contributed by atoms with Crippen LogP contribution in [-0.4, -0.2) is 41.0 Å². The molecule has 8 heteroatoms. The van der Waals surface area contributed by atoms with Gasteiger partial charge in [-0.3, -0.25) is 19.5 Å². The van der Waals surface area contributed by atoms with Gasteiger partial charge in [-0.05, 0) is 80.8 Å². The van der Waals surface area contributed by atoms with Crippen molar-refractivity contribution in [2.24, 2.45) is 0 Å².